The van der Waals surface area contributed by atoms with Crippen molar-refractivity contribution in [2.24, 2.45) is 5.92 Å². The fourth-order valence-corrected chi connectivity index (χ4v) is 3.74. The Balaban J connectivity index is 0.00000361. The summed E-state index contributed by atoms with van der Waals surface area (Å²) in [7, 11) is -3.27. The van der Waals surface area contributed by atoms with Crippen LogP contribution in [0.15, 0.2) is 0 Å². The van der Waals surface area contributed by atoms with Gasteiger partial charge in [0.1, 0.15) is 5.75 Å². The fraction of sp³-hybridized carbons (Fsp3) is 0.917. The molecule has 8 heteroatoms. The van der Waals surface area contributed by atoms with E-state index in [1.165, 1.54) is 0 Å². The first-order valence-electron chi connectivity index (χ1n) is 6.79. The topological polar surface area (TPSA) is 78.5 Å². The van der Waals surface area contributed by atoms with Crippen LogP contribution in [0.3, 0.4) is 0 Å². The normalized spacial score (nSPS) is 16.8. The van der Waals surface area contributed by atoms with E-state index in [2.05, 4.69) is 15.5 Å². The average molecular weight is 328 g/mol. The maximum atomic E-state index is 11.6. The number of hydrogen-bond acceptors (Lipinski definition) is 5. The SMILES string of the molecule is CC(C)CS(=O)(=O)CC(=O)NCCN1CCNCC1.Cl. The summed E-state index contributed by atoms with van der Waals surface area (Å²) in [5.41, 5.74) is 0. The summed E-state index contributed by atoms with van der Waals surface area (Å²) in [6, 6.07) is 0. The van der Waals surface area contributed by atoms with Crippen LogP contribution < -0.4 is 10.6 Å². The second-order valence-corrected chi connectivity index (χ2v) is 7.50. The predicted molar refractivity (Wildman–Crippen MR) is 83.1 cm³/mol. The molecule has 20 heavy (non-hydrogen) atoms. The van der Waals surface area contributed by atoms with Gasteiger partial charge in [0.25, 0.3) is 0 Å². The molecule has 0 aromatic heterocycles. The number of rotatable bonds is 7. The maximum Gasteiger partial charge on any atom is 0.235 e. The highest BCUT2D eigenvalue weighted by atomic mass is 35.5. The first-order chi connectivity index (χ1) is 8.89. The van der Waals surface area contributed by atoms with Crippen LogP contribution in [0.5, 0.6) is 0 Å². The lowest BCUT2D eigenvalue weighted by molar-refractivity contribution is -0.118. The van der Waals surface area contributed by atoms with E-state index in [1.807, 2.05) is 13.8 Å². The van der Waals surface area contributed by atoms with Gasteiger partial charge in [-0.1, -0.05) is 13.8 Å². The molecule has 0 radical (unpaired) electrons. The van der Waals surface area contributed by atoms with Gasteiger partial charge in [-0.25, -0.2) is 8.42 Å². The largest absolute Gasteiger partial charge is 0.354 e. The molecular weight excluding hydrogens is 302 g/mol. The van der Waals surface area contributed by atoms with E-state index >= 15 is 0 Å². The summed E-state index contributed by atoms with van der Waals surface area (Å²) in [5.74, 6) is -0.667. The van der Waals surface area contributed by atoms with Crippen LogP contribution in [0, 0.1) is 5.92 Å². The standard InChI is InChI=1S/C12H25N3O3S.ClH/c1-11(2)9-19(17,18)10-12(16)14-5-8-15-6-3-13-4-7-15;/h11,13H,3-10H2,1-2H3,(H,14,16);1H. The third kappa shape index (κ3) is 8.73. The molecule has 1 amide bonds. The molecular formula is C12H26ClN3O3S. The summed E-state index contributed by atoms with van der Waals surface area (Å²) in [5, 5.41) is 5.93. The second-order valence-electron chi connectivity index (χ2n) is 5.39. The smallest absolute Gasteiger partial charge is 0.235 e. The molecule has 0 aromatic rings. The zero-order valence-corrected chi connectivity index (χ0v) is 13.9. The Bertz CT molecular complexity index is 381. The van der Waals surface area contributed by atoms with Crippen molar-refractivity contribution in [3.8, 4) is 0 Å². The molecule has 0 aromatic carbocycles. The number of halogens is 1. The molecule has 0 aliphatic carbocycles. The Morgan fingerprint density at radius 1 is 1.30 bits per heavy atom. The molecule has 1 heterocycles. The Morgan fingerprint density at radius 3 is 2.45 bits per heavy atom. The van der Waals surface area contributed by atoms with Gasteiger partial charge in [-0.2, -0.15) is 0 Å². The molecule has 1 saturated heterocycles. The zero-order valence-electron chi connectivity index (χ0n) is 12.2. The molecule has 1 aliphatic rings. The minimum absolute atomic E-state index is 0. The second kappa shape index (κ2) is 9.55. The van der Waals surface area contributed by atoms with Crippen LogP contribution in [0.2, 0.25) is 0 Å². The van der Waals surface area contributed by atoms with E-state index in [0.717, 1.165) is 32.7 Å². The monoisotopic (exact) mass is 327 g/mol. The molecule has 0 bridgehead atoms. The highest BCUT2D eigenvalue weighted by Crippen LogP contribution is 2.00. The molecule has 6 nitrogen and oxygen atoms in total. The zero-order chi connectivity index (χ0) is 14.3. The van der Waals surface area contributed by atoms with Crippen molar-refractivity contribution < 1.29 is 13.2 Å². The molecule has 0 atom stereocenters. The van der Waals surface area contributed by atoms with E-state index in [1.54, 1.807) is 0 Å². The lowest BCUT2D eigenvalue weighted by atomic mass is 10.3. The Labute approximate surface area is 128 Å². The summed E-state index contributed by atoms with van der Waals surface area (Å²) in [6.45, 7) is 8.84. The van der Waals surface area contributed by atoms with Crippen LogP contribution in [0.1, 0.15) is 13.8 Å². The molecule has 0 saturated carbocycles. The highest BCUT2D eigenvalue weighted by molar-refractivity contribution is 7.92. The lowest BCUT2D eigenvalue weighted by Gasteiger charge is -2.27. The number of amides is 1. The van der Waals surface area contributed by atoms with Gasteiger partial charge in [0.15, 0.2) is 9.84 Å². The summed E-state index contributed by atoms with van der Waals surface area (Å²) >= 11 is 0. The number of sulfone groups is 1. The van der Waals surface area contributed by atoms with Gasteiger partial charge in [0, 0.05) is 39.3 Å². The molecule has 0 unspecified atom stereocenters. The number of nitrogens with one attached hydrogen (secondary N) is 2. The quantitative estimate of drug-likeness (QED) is 0.659. The summed E-state index contributed by atoms with van der Waals surface area (Å²) in [4.78, 5) is 13.8. The van der Waals surface area contributed by atoms with E-state index in [4.69, 9.17) is 0 Å². The predicted octanol–water partition coefficient (Wildman–Crippen LogP) is -0.500. The third-order valence-corrected chi connectivity index (χ3v) is 4.77. The number of nitrogens with zero attached hydrogens (tertiary/aromatic N) is 1. The Morgan fingerprint density at radius 2 is 1.90 bits per heavy atom. The van der Waals surface area contributed by atoms with Gasteiger partial charge in [-0.15, -0.1) is 12.4 Å². The molecule has 120 valence electrons. The van der Waals surface area contributed by atoms with E-state index in [9.17, 15) is 13.2 Å². The van der Waals surface area contributed by atoms with Crippen molar-refractivity contribution >= 4 is 28.2 Å². The minimum Gasteiger partial charge on any atom is -0.354 e. The molecule has 1 fully saturated rings. The Kier molecular flexibility index (Phi) is 9.37. The van der Waals surface area contributed by atoms with Crippen LogP contribution in [0.4, 0.5) is 0 Å². The van der Waals surface area contributed by atoms with Crippen molar-refractivity contribution in [3.63, 3.8) is 0 Å². The summed E-state index contributed by atoms with van der Waals surface area (Å²) in [6.07, 6.45) is 0. The number of carbonyl (C=O) groups excluding carboxylic acids is 1. The van der Waals surface area contributed by atoms with Gasteiger partial charge in [0.2, 0.25) is 5.91 Å². The molecule has 1 rings (SSSR count). The minimum atomic E-state index is -3.27. The lowest BCUT2D eigenvalue weighted by Crippen LogP contribution is -2.46. The molecule has 0 spiro atoms. The van der Waals surface area contributed by atoms with Crippen LogP contribution in [-0.2, 0) is 14.6 Å². The van der Waals surface area contributed by atoms with Crippen molar-refractivity contribution in [3.05, 3.63) is 0 Å². The van der Waals surface area contributed by atoms with Crippen molar-refractivity contribution in [2.45, 2.75) is 13.8 Å². The maximum absolute atomic E-state index is 11.6. The number of piperazine rings is 1. The van der Waals surface area contributed by atoms with E-state index in [0.29, 0.717) is 6.54 Å². The van der Waals surface area contributed by atoms with Gasteiger partial charge in [-0.3, -0.25) is 9.69 Å². The average Bonchev–Trinajstić information content (AvgIpc) is 2.27. The molecule has 1 aliphatic heterocycles. The first-order valence-corrected chi connectivity index (χ1v) is 8.61. The number of carbonyl (C=O) groups is 1. The van der Waals surface area contributed by atoms with Gasteiger partial charge in [0.05, 0.1) is 5.75 Å². The highest BCUT2D eigenvalue weighted by Gasteiger charge is 2.18. The van der Waals surface area contributed by atoms with Gasteiger partial charge in [-0.05, 0) is 5.92 Å². The summed E-state index contributed by atoms with van der Waals surface area (Å²) < 4.78 is 23.3. The van der Waals surface area contributed by atoms with E-state index in [-0.39, 0.29) is 24.1 Å². The van der Waals surface area contributed by atoms with Gasteiger partial charge >= 0.3 is 0 Å². The fourth-order valence-electron chi connectivity index (χ4n) is 2.11. The van der Waals surface area contributed by atoms with Crippen LogP contribution >= 0.6 is 12.4 Å². The first kappa shape index (κ1) is 19.6. The van der Waals surface area contributed by atoms with Crippen LogP contribution in [0.25, 0.3) is 0 Å². The Hall–Kier alpha value is -0.370. The van der Waals surface area contributed by atoms with Crippen LogP contribution in [-0.4, -0.2) is 70.0 Å². The van der Waals surface area contributed by atoms with Crippen molar-refractivity contribution in [1.82, 2.24) is 15.5 Å². The van der Waals surface area contributed by atoms with Gasteiger partial charge < -0.3 is 10.6 Å². The van der Waals surface area contributed by atoms with Crippen molar-refractivity contribution in [2.75, 3.05) is 50.8 Å². The number of hydrogen-bond donors (Lipinski definition) is 2. The van der Waals surface area contributed by atoms with Crippen molar-refractivity contribution in [1.29, 1.82) is 0 Å². The third-order valence-electron chi connectivity index (χ3n) is 2.90. The van der Waals surface area contributed by atoms with E-state index < -0.39 is 21.5 Å². The molecule has 2 N–H and O–H groups in total.